The third-order valence-electron chi connectivity index (χ3n) is 4.04. The van der Waals surface area contributed by atoms with E-state index in [0.717, 1.165) is 12.1 Å². The molecule has 2 rings (SSSR count). The van der Waals surface area contributed by atoms with E-state index in [4.69, 9.17) is 5.14 Å². The van der Waals surface area contributed by atoms with E-state index >= 15 is 0 Å². The summed E-state index contributed by atoms with van der Waals surface area (Å²) in [6, 6.07) is 11.1. The van der Waals surface area contributed by atoms with Gasteiger partial charge in [-0.3, -0.25) is 0 Å². The number of aliphatic imine (C=N–C) groups is 1. The zero-order valence-electron chi connectivity index (χ0n) is 16.1. The average molecular weight is 428 g/mol. The number of hydrogen-bond acceptors (Lipinski definition) is 3. The molecular formula is C19H23F3N4O2S. The molecule has 0 aliphatic heterocycles. The lowest BCUT2D eigenvalue weighted by molar-refractivity contribution is -0.137. The molecule has 0 saturated carbocycles. The first-order valence-electron chi connectivity index (χ1n) is 8.78. The van der Waals surface area contributed by atoms with Gasteiger partial charge in [-0.1, -0.05) is 24.3 Å². The van der Waals surface area contributed by atoms with Crippen LogP contribution in [0.3, 0.4) is 0 Å². The smallest absolute Gasteiger partial charge is 0.357 e. The summed E-state index contributed by atoms with van der Waals surface area (Å²) in [4.78, 5) is 6.26. The quantitative estimate of drug-likeness (QED) is 0.547. The fourth-order valence-electron chi connectivity index (χ4n) is 2.60. The molecule has 10 heteroatoms. The first-order valence-corrected chi connectivity index (χ1v) is 10.3. The van der Waals surface area contributed by atoms with E-state index in [1.165, 1.54) is 24.3 Å². The van der Waals surface area contributed by atoms with Gasteiger partial charge >= 0.3 is 6.18 Å². The van der Waals surface area contributed by atoms with Crippen LogP contribution < -0.4 is 10.5 Å². The van der Waals surface area contributed by atoms with E-state index in [0.29, 0.717) is 30.2 Å². The Morgan fingerprint density at radius 2 is 1.79 bits per heavy atom. The first kappa shape index (κ1) is 22.7. The summed E-state index contributed by atoms with van der Waals surface area (Å²) in [5.74, 6) is 0.536. The van der Waals surface area contributed by atoms with Gasteiger partial charge in [0.05, 0.1) is 17.0 Å². The second-order valence-corrected chi connectivity index (χ2v) is 7.97. The van der Waals surface area contributed by atoms with Crippen LogP contribution >= 0.6 is 0 Å². The monoisotopic (exact) mass is 428 g/mol. The summed E-state index contributed by atoms with van der Waals surface area (Å²) in [5, 5.41) is 8.25. The van der Waals surface area contributed by atoms with Gasteiger partial charge in [0, 0.05) is 20.1 Å². The largest absolute Gasteiger partial charge is 0.416 e. The van der Waals surface area contributed by atoms with E-state index < -0.39 is 21.8 Å². The van der Waals surface area contributed by atoms with Crippen molar-refractivity contribution in [3.63, 3.8) is 0 Å². The highest BCUT2D eigenvalue weighted by Gasteiger charge is 2.29. The van der Waals surface area contributed by atoms with Crippen LogP contribution in [0.5, 0.6) is 0 Å². The predicted octanol–water partition coefficient (Wildman–Crippen LogP) is 2.95. The molecule has 0 saturated heterocycles. The number of benzene rings is 2. The van der Waals surface area contributed by atoms with Crippen LogP contribution in [-0.4, -0.2) is 32.9 Å². The van der Waals surface area contributed by atoms with E-state index in [9.17, 15) is 21.6 Å². The van der Waals surface area contributed by atoms with Gasteiger partial charge in [0.2, 0.25) is 10.0 Å². The molecule has 3 N–H and O–H groups in total. The average Bonchev–Trinajstić information content (AvgIpc) is 2.64. The number of nitrogens with two attached hydrogens (primary N) is 1. The SMILES string of the molecule is CCNC(=NCc1cccc(S(N)(=O)=O)c1)N(C)Cc1ccc(C(F)(F)F)cc1. The topological polar surface area (TPSA) is 87.8 Å². The molecule has 0 atom stereocenters. The zero-order valence-corrected chi connectivity index (χ0v) is 16.9. The highest BCUT2D eigenvalue weighted by Crippen LogP contribution is 2.29. The molecule has 0 radical (unpaired) electrons. The normalized spacial score (nSPS) is 12.7. The standard InChI is InChI=1S/C19H23F3N4O2S/c1-3-24-18(25-12-15-5-4-6-17(11-15)29(23,27)28)26(2)13-14-7-9-16(10-8-14)19(20,21)22/h4-11H,3,12-13H2,1-2H3,(H,24,25)(H2,23,27,28). The lowest BCUT2D eigenvalue weighted by Gasteiger charge is -2.22. The number of hydrogen-bond donors (Lipinski definition) is 2. The van der Waals surface area contributed by atoms with Gasteiger partial charge in [-0.15, -0.1) is 0 Å². The Balaban J connectivity index is 2.14. The molecule has 2 aromatic rings. The highest BCUT2D eigenvalue weighted by atomic mass is 32.2. The number of nitrogens with zero attached hydrogens (tertiary/aromatic N) is 2. The van der Waals surface area contributed by atoms with Gasteiger partial charge in [-0.2, -0.15) is 13.2 Å². The second kappa shape index (κ2) is 9.27. The predicted molar refractivity (Wildman–Crippen MR) is 106 cm³/mol. The number of guanidine groups is 1. The Kier molecular flexibility index (Phi) is 7.26. The van der Waals surface area contributed by atoms with Crippen molar-refractivity contribution in [2.24, 2.45) is 10.1 Å². The van der Waals surface area contributed by atoms with Crippen LogP contribution in [0.1, 0.15) is 23.6 Å². The van der Waals surface area contributed by atoms with Crippen molar-refractivity contribution in [2.75, 3.05) is 13.6 Å². The van der Waals surface area contributed by atoms with Crippen molar-refractivity contribution in [1.29, 1.82) is 0 Å². The van der Waals surface area contributed by atoms with Crippen LogP contribution in [0.4, 0.5) is 13.2 Å². The number of sulfonamides is 1. The fourth-order valence-corrected chi connectivity index (χ4v) is 3.19. The second-order valence-electron chi connectivity index (χ2n) is 6.41. The van der Waals surface area contributed by atoms with E-state index in [2.05, 4.69) is 10.3 Å². The summed E-state index contributed by atoms with van der Waals surface area (Å²) in [7, 11) is -2.04. The Morgan fingerprint density at radius 1 is 1.14 bits per heavy atom. The maximum Gasteiger partial charge on any atom is 0.416 e. The summed E-state index contributed by atoms with van der Waals surface area (Å²) in [5.41, 5.74) is 0.663. The van der Waals surface area contributed by atoms with Gasteiger partial charge < -0.3 is 10.2 Å². The van der Waals surface area contributed by atoms with E-state index in [-0.39, 0.29) is 11.4 Å². The number of nitrogens with one attached hydrogen (secondary N) is 1. The summed E-state index contributed by atoms with van der Waals surface area (Å²) < 4.78 is 61.0. The molecule has 158 valence electrons. The number of halogens is 3. The van der Waals surface area contributed by atoms with Crippen molar-refractivity contribution in [2.45, 2.75) is 31.1 Å². The maximum atomic E-state index is 12.7. The van der Waals surface area contributed by atoms with Gasteiger partial charge in [0.1, 0.15) is 0 Å². The minimum Gasteiger partial charge on any atom is -0.357 e. The van der Waals surface area contributed by atoms with Crippen molar-refractivity contribution in [3.05, 3.63) is 65.2 Å². The van der Waals surface area contributed by atoms with E-state index in [1.54, 1.807) is 24.1 Å². The lowest BCUT2D eigenvalue weighted by Crippen LogP contribution is -2.38. The van der Waals surface area contributed by atoms with Gasteiger partial charge in [0.25, 0.3) is 0 Å². The van der Waals surface area contributed by atoms with Crippen LogP contribution in [0, 0.1) is 0 Å². The van der Waals surface area contributed by atoms with Crippen molar-refractivity contribution in [3.8, 4) is 0 Å². The Morgan fingerprint density at radius 3 is 2.34 bits per heavy atom. The third kappa shape index (κ3) is 6.75. The molecular weight excluding hydrogens is 405 g/mol. The minimum atomic E-state index is -4.37. The molecule has 0 spiro atoms. The van der Waals surface area contributed by atoms with Crippen LogP contribution in [0.15, 0.2) is 58.4 Å². The lowest BCUT2D eigenvalue weighted by atomic mass is 10.1. The molecule has 0 aliphatic carbocycles. The van der Waals surface area contributed by atoms with Crippen LogP contribution in [0.25, 0.3) is 0 Å². The van der Waals surface area contributed by atoms with Gasteiger partial charge in [0.15, 0.2) is 5.96 Å². The Hall–Kier alpha value is -2.59. The molecule has 29 heavy (non-hydrogen) atoms. The number of primary sulfonamides is 1. The van der Waals surface area contributed by atoms with Crippen molar-refractivity contribution in [1.82, 2.24) is 10.2 Å². The van der Waals surface area contributed by atoms with Crippen molar-refractivity contribution < 1.29 is 21.6 Å². The molecule has 0 unspecified atom stereocenters. The fraction of sp³-hybridized carbons (Fsp3) is 0.316. The van der Waals surface area contributed by atoms with Crippen LogP contribution in [0.2, 0.25) is 0 Å². The number of rotatable bonds is 6. The van der Waals surface area contributed by atoms with Crippen molar-refractivity contribution >= 4 is 16.0 Å². The Bertz CT molecular complexity index is 958. The molecule has 0 amide bonds. The number of alkyl halides is 3. The van der Waals surface area contributed by atoms with Gasteiger partial charge in [-0.25, -0.2) is 18.5 Å². The molecule has 6 nitrogen and oxygen atoms in total. The molecule has 0 aliphatic rings. The molecule has 0 bridgehead atoms. The molecule has 2 aromatic carbocycles. The van der Waals surface area contributed by atoms with Gasteiger partial charge in [-0.05, 0) is 42.3 Å². The Labute approximate surface area is 168 Å². The first-order chi connectivity index (χ1) is 13.5. The molecule has 0 heterocycles. The maximum absolute atomic E-state index is 12.7. The summed E-state index contributed by atoms with van der Waals surface area (Å²) in [6.07, 6.45) is -4.37. The molecule has 0 aromatic heterocycles. The zero-order chi connectivity index (χ0) is 21.7. The summed E-state index contributed by atoms with van der Waals surface area (Å²) >= 11 is 0. The summed E-state index contributed by atoms with van der Waals surface area (Å²) in [6.45, 7) is 3.04. The third-order valence-corrected chi connectivity index (χ3v) is 4.95. The highest BCUT2D eigenvalue weighted by molar-refractivity contribution is 7.89. The van der Waals surface area contributed by atoms with Crippen LogP contribution in [-0.2, 0) is 29.3 Å². The van der Waals surface area contributed by atoms with E-state index in [1.807, 2.05) is 6.92 Å². The molecule has 0 fully saturated rings. The minimum absolute atomic E-state index is 0.00769.